The van der Waals surface area contributed by atoms with Gasteiger partial charge in [0.1, 0.15) is 23.9 Å². The van der Waals surface area contributed by atoms with E-state index in [-0.39, 0.29) is 6.61 Å². The van der Waals surface area contributed by atoms with E-state index >= 15 is 0 Å². The fraction of sp³-hybridized carbons (Fsp3) is 0.458. The second-order valence-corrected chi connectivity index (χ2v) is 9.64. The van der Waals surface area contributed by atoms with E-state index in [0.29, 0.717) is 34.5 Å². The van der Waals surface area contributed by atoms with E-state index in [1.807, 2.05) is 51.1 Å². The number of benzene rings is 1. The first-order valence-corrected chi connectivity index (χ1v) is 11.6. The van der Waals surface area contributed by atoms with Gasteiger partial charge in [0.15, 0.2) is 4.67 Å². The van der Waals surface area contributed by atoms with Crippen molar-refractivity contribution >= 4 is 33.0 Å². The van der Waals surface area contributed by atoms with Gasteiger partial charge in [0.25, 0.3) is 0 Å². The lowest BCUT2D eigenvalue weighted by Gasteiger charge is -2.36. The number of nitrogens with zero attached hydrogens (tertiary/aromatic N) is 2. The van der Waals surface area contributed by atoms with Crippen LogP contribution in [0.3, 0.4) is 0 Å². The van der Waals surface area contributed by atoms with Crippen LogP contribution < -0.4 is 4.74 Å². The molecule has 0 radical (unpaired) electrons. The van der Waals surface area contributed by atoms with E-state index < -0.39 is 17.4 Å². The molecule has 0 aliphatic heterocycles. The quantitative estimate of drug-likeness (QED) is 0.299. The van der Waals surface area contributed by atoms with Crippen LogP contribution in [0, 0.1) is 0 Å². The minimum atomic E-state index is -0.964. The smallest absolute Gasteiger partial charge is 0.332 e. The Balaban J connectivity index is 1.67. The largest absolute Gasteiger partial charge is 0.458 e. The molecular weight excluding hydrogens is 476 g/mol. The van der Waals surface area contributed by atoms with Gasteiger partial charge < -0.3 is 18.6 Å². The maximum atomic E-state index is 12.3. The van der Waals surface area contributed by atoms with E-state index in [0.717, 1.165) is 30.4 Å². The maximum Gasteiger partial charge on any atom is 0.332 e. The molecule has 2 heterocycles. The standard InChI is InChI=1S/C24H27BrN2O5/c1-23(2,3)31-17(28)14-29-24(12-8-5-9-13-24)32-22-19-18(16-10-6-4-7-11-16)20(25)30-21(19)26-15-27-22/h4,6-7,10-11,15H,5,8-9,12-14H2,1-3H3. The third kappa shape index (κ3) is 5.13. The zero-order valence-corrected chi connectivity index (χ0v) is 20.1. The van der Waals surface area contributed by atoms with Gasteiger partial charge in [-0.2, -0.15) is 0 Å². The molecule has 1 aliphatic rings. The molecule has 32 heavy (non-hydrogen) atoms. The Morgan fingerprint density at radius 3 is 2.53 bits per heavy atom. The summed E-state index contributed by atoms with van der Waals surface area (Å²) in [5.41, 5.74) is 1.60. The lowest BCUT2D eigenvalue weighted by Crippen LogP contribution is -2.43. The molecule has 1 fully saturated rings. The van der Waals surface area contributed by atoms with Gasteiger partial charge in [-0.25, -0.2) is 14.8 Å². The van der Waals surface area contributed by atoms with Gasteiger partial charge in [-0.1, -0.05) is 36.8 Å². The molecule has 0 atom stereocenters. The molecule has 0 saturated heterocycles. The molecule has 8 heteroatoms. The van der Waals surface area contributed by atoms with Crippen LogP contribution in [0.2, 0.25) is 0 Å². The normalized spacial score (nSPS) is 16.1. The van der Waals surface area contributed by atoms with Crippen molar-refractivity contribution in [3.63, 3.8) is 0 Å². The van der Waals surface area contributed by atoms with Gasteiger partial charge in [0.2, 0.25) is 17.4 Å². The molecule has 1 aliphatic carbocycles. The van der Waals surface area contributed by atoms with E-state index in [2.05, 4.69) is 25.9 Å². The first-order valence-electron chi connectivity index (χ1n) is 10.8. The first-order chi connectivity index (χ1) is 15.3. The Kier molecular flexibility index (Phi) is 6.53. The number of rotatable bonds is 6. The fourth-order valence-corrected chi connectivity index (χ4v) is 4.50. The van der Waals surface area contributed by atoms with Crippen molar-refractivity contribution in [1.82, 2.24) is 9.97 Å². The molecular formula is C24H27BrN2O5. The summed E-state index contributed by atoms with van der Waals surface area (Å²) in [6.07, 6.45) is 5.67. The minimum Gasteiger partial charge on any atom is -0.458 e. The summed E-state index contributed by atoms with van der Waals surface area (Å²) in [4.78, 5) is 21.0. The Hall–Kier alpha value is -2.45. The molecule has 0 amide bonds. The zero-order valence-electron chi connectivity index (χ0n) is 18.5. The molecule has 0 unspecified atom stereocenters. The summed E-state index contributed by atoms with van der Waals surface area (Å²) < 4.78 is 24.3. The molecule has 0 N–H and O–H groups in total. The highest BCUT2D eigenvalue weighted by Gasteiger charge is 2.38. The molecule has 170 valence electrons. The lowest BCUT2D eigenvalue weighted by atomic mass is 9.94. The van der Waals surface area contributed by atoms with Crippen LogP contribution in [-0.4, -0.2) is 33.9 Å². The molecule has 0 bridgehead atoms. The number of esters is 1. The van der Waals surface area contributed by atoms with Crippen LogP contribution in [0.1, 0.15) is 52.9 Å². The molecule has 4 rings (SSSR count). The number of carbonyl (C=O) groups is 1. The third-order valence-corrected chi connectivity index (χ3v) is 5.80. The number of hydrogen-bond donors (Lipinski definition) is 0. The first kappa shape index (κ1) is 22.7. The number of furan rings is 1. The van der Waals surface area contributed by atoms with Crippen LogP contribution in [-0.2, 0) is 14.3 Å². The lowest BCUT2D eigenvalue weighted by molar-refractivity contribution is -0.214. The van der Waals surface area contributed by atoms with Crippen LogP contribution in [0.4, 0.5) is 0 Å². The van der Waals surface area contributed by atoms with Crippen LogP contribution in [0.15, 0.2) is 45.7 Å². The maximum absolute atomic E-state index is 12.3. The monoisotopic (exact) mass is 502 g/mol. The van der Waals surface area contributed by atoms with Crippen molar-refractivity contribution in [3.8, 4) is 17.0 Å². The highest BCUT2D eigenvalue weighted by atomic mass is 79.9. The Morgan fingerprint density at radius 1 is 1.12 bits per heavy atom. The molecule has 0 spiro atoms. The predicted octanol–water partition coefficient (Wildman–Crippen LogP) is 6.05. The number of ether oxygens (including phenoxy) is 3. The molecule has 3 aromatic rings. The summed E-state index contributed by atoms with van der Waals surface area (Å²) in [6.45, 7) is 5.30. The molecule has 1 aromatic carbocycles. The zero-order chi connectivity index (χ0) is 22.8. The highest BCUT2D eigenvalue weighted by molar-refractivity contribution is 9.10. The average molecular weight is 503 g/mol. The summed E-state index contributed by atoms with van der Waals surface area (Å²) >= 11 is 3.51. The molecule has 7 nitrogen and oxygen atoms in total. The second kappa shape index (κ2) is 9.19. The highest BCUT2D eigenvalue weighted by Crippen LogP contribution is 2.43. The summed E-state index contributed by atoms with van der Waals surface area (Å²) in [5, 5.41) is 0.663. The summed E-state index contributed by atoms with van der Waals surface area (Å²) in [6, 6.07) is 9.84. The van der Waals surface area contributed by atoms with E-state index in [4.69, 9.17) is 18.6 Å². The number of aromatic nitrogens is 2. The Labute approximate surface area is 195 Å². The third-order valence-electron chi connectivity index (χ3n) is 5.24. The number of fused-ring (bicyclic) bond motifs is 1. The predicted molar refractivity (Wildman–Crippen MR) is 123 cm³/mol. The van der Waals surface area contributed by atoms with Crippen molar-refractivity contribution < 1.29 is 23.4 Å². The van der Waals surface area contributed by atoms with Gasteiger partial charge in [-0.15, -0.1) is 0 Å². The van der Waals surface area contributed by atoms with Crippen molar-refractivity contribution in [1.29, 1.82) is 0 Å². The minimum absolute atomic E-state index is 0.188. The van der Waals surface area contributed by atoms with Gasteiger partial charge in [0.05, 0.1) is 0 Å². The number of carbonyl (C=O) groups excluding carboxylic acids is 1. The summed E-state index contributed by atoms with van der Waals surface area (Å²) in [7, 11) is 0. The van der Waals surface area contributed by atoms with E-state index in [1.165, 1.54) is 6.33 Å². The number of halogens is 1. The van der Waals surface area contributed by atoms with Crippen LogP contribution >= 0.6 is 15.9 Å². The van der Waals surface area contributed by atoms with Crippen molar-refractivity contribution in [2.75, 3.05) is 6.61 Å². The van der Waals surface area contributed by atoms with Gasteiger partial charge in [-0.05, 0) is 55.1 Å². The molecule has 2 aromatic heterocycles. The summed E-state index contributed by atoms with van der Waals surface area (Å²) in [5.74, 6) is -1.02. The van der Waals surface area contributed by atoms with Crippen molar-refractivity contribution in [2.24, 2.45) is 0 Å². The van der Waals surface area contributed by atoms with Crippen molar-refractivity contribution in [3.05, 3.63) is 41.3 Å². The van der Waals surface area contributed by atoms with Gasteiger partial charge in [-0.3, -0.25) is 0 Å². The van der Waals surface area contributed by atoms with Crippen molar-refractivity contribution in [2.45, 2.75) is 64.3 Å². The SMILES string of the molecule is CC(C)(C)OC(=O)COC1(Oc2ncnc3oc(Br)c(-c4ccccc4)c23)CCCCC1. The van der Waals surface area contributed by atoms with Gasteiger partial charge >= 0.3 is 5.97 Å². The topological polar surface area (TPSA) is 83.7 Å². The fourth-order valence-electron chi connectivity index (χ4n) is 3.92. The Morgan fingerprint density at radius 2 is 1.84 bits per heavy atom. The van der Waals surface area contributed by atoms with E-state index in [1.54, 1.807) is 0 Å². The number of hydrogen-bond acceptors (Lipinski definition) is 7. The van der Waals surface area contributed by atoms with Crippen LogP contribution in [0.5, 0.6) is 5.88 Å². The van der Waals surface area contributed by atoms with Crippen LogP contribution in [0.25, 0.3) is 22.2 Å². The molecule has 1 saturated carbocycles. The van der Waals surface area contributed by atoms with Gasteiger partial charge in [0, 0.05) is 18.4 Å². The van der Waals surface area contributed by atoms with E-state index in [9.17, 15) is 4.79 Å². The average Bonchev–Trinajstić information content (AvgIpc) is 3.09. The second-order valence-electron chi connectivity index (χ2n) is 8.92. The Bertz CT molecular complexity index is 1080.